The number of urea groups is 1. The Morgan fingerprint density at radius 1 is 1.52 bits per heavy atom. The number of hydrogen-bond acceptors (Lipinski definition) is 3. The highest BCUT2D eigenvalue weighted by atomic mass is 35.5. The molecule has 6 heteroatoms. The molecule has 2 rings (SSSR count). The number of nitrogens with one attached hydrogen (secondary N) is 2. The lowest BCUT2D eigenvalue weighted by Gasteiger charge is -2.20. The lowest BCUT2D eigenvalue weighted by Crippen LogP contribution is -2.40. The highest BCUT2D eigenvalue weighted by Gasteiger charge is 2.22. The number of benzene rings is 1. The van der Waals surface area contributed by atoms with E-state index in [-0.39, 0.29) is 18.7 Å². The van der Waals surface area contributed by atoms with Gasteiger partial charge in [0.25, 0.3) is 0 Å². The zero-order chi connectivity index (χ0) is 16.7. The van der Waals surface area contributed by atoms with Gasteiger partial charge < -0.3 is 20.5 Å². The van der Waals surface area contributed by atoms with Crippen LogP contribution in [0.5, 0.6) is 5.75 Å². The summed E-state index contributed by atoms with van der Waals surface area (Å²) in [6.07, 6.45) is 3.34. The number of rotatable bonds is 6. The molecule has 3 N–H and O–H groups in total. The summed E-state index contributed by atoms with van der Waals surface area (Å²) in [7, 11) is 0. The first-order valence-corrected chi connectivity index (χ1v) is 8.59. The summed E-state index contributed by atoms with van der Waals surface area (Å²) in [6.45, 7) is 3.40. The molecular weight excluding hydrogens is 316 g/mol. The van der Waals surface area contributed by atoms with Crippen molar-refractivity contribution < 1.29 is 14.6 Å². The van der Waals surface area contributed by atoms with Crippen molar-refractivity contribution in [3.05, 3.63) is 28.8 Å². The summed E-state index contributed by atoms with van der Waals surface area (Å²) in [5, 5.41) is 15.6. The standard InChI is InChI=1S/C17H25ClN2O3/c1-2-12(7-8-21)11-19-17(22)20-15-4-3-9-23-16-10-13(18)5-6-14(15)16/h5-6,10,12,15,21H,2-4,7-9,11H2,1H3,(H2,19,20,22). The van der Waals surface area contributed by atoms with Gasteiger partial charge in [0.05, 0.1) is 12.6 Å². The van der Waals surface area contributed by atoms with E-state index in [9.17, 15) is 4.79 Å². The van der Waals surface area contributed by atoms with E-state index in [1.54, 1.807) is 6.07 Å². The van der Waals surface area contributed by atoms with Crippen LogP contribution in [-0.2, 0) is 0 Å². The quantitative estimate of drug-likeness (QED) is 0.744. The average molecular weight is 341 g/mol. The normalized spacial score (nSPS) is 18.3. The number of carbonyl (C=O) groups excluding carboxylic acids is 1. The number of fused-ring (bicyclic) bond motifs is 1. The molecule has 0 spiro atoms. The Labute approximate surface area is 142 Å². The maximum absolute atomic E-state index is 12.2. The molecule has 0 bridgehead atoms. The van der Waals surface area contributed by atoms with E-state index in [1.807, 2.05) is 12.1 Å². The first kappa shape index (κ1) is 17.9. The Bertz CT molecular complexity index is 525. The van der Waals surface area contributed by atoms with E-state index >= 15 is 0 Å². The first-order chi connectivity index (χ1) is 11.1. The van der Waals surface area contributed by atoms with Crippen molar-refractivity contribution >= 4 is 17.6 Å². The van der Waals surface area contributed by atoms with Gasteiger partial charge in [0.1, 0.15) is 5.75 Å². The van der Waals surface area contributed by atoms with Crippen LogP contribution < -0.4 is 15.4 Å². The van der Waals surface area contributed by atoms with E-state index in [1.165, 1.54) is 0 Å². The first-order valence-electron chi connectivity index (χ1n) is 8.21. The van der Waals surface area contributed by atoms with Crippen molar-refractivity contribution in [2.24, 2.45) is 5.92 Å². The number of aliphatic hydroxyl groups excluding tert-OH is 1. The van der Waals surface area contributed by atoms with Crippen LogP contribution in [0.15, 0.2) is 18.2 Å². The van der Waals surface area contributed by atoms with Crippen molar-refractivity contribution in [3.63, 3.8) is 0 Å². The second-order valence-electron chi connectivity index (χ2n) is 5.87. The molecular formula is C17H25ClN2O3. The third-order valence-electron chi connectivity index (χ3n) is 4.22. The lowest BCUT2D eigenvalue weighted by atomic mass is 10.0. The van der Waals surface area contributed by atoms with Crippen LogP contribution in [0.3, 0.4) is 0 Å². The fourth-order valence-corrected chi connectivity index (χ4v) is 2.94. The molecule has 0 saturated carbocycles. The minimum absolute atomic E-state index is 0.0808. The van der Waals surface area contributed by atoms with Gasteiger partial charge >= 0.3 is 6.03 Å². The Hall–Kier alpha value is -1.46. The fraction of sp³-hybridized carbons (Fsp3) is 0.588. The molecule has 1 aromatic carbocycles. The van der Waals surface area contributed by atoms with Gasteiger partial charge in [-0.05, 0) is 37.3 Å². The predicted molar refractivity (Wildman–Crippen MR) is 90.9 cm³/mol. The molecule has 2 unspecified atom stereocenters. The zero-order valence-electron chi connectivity index (χ0n) is 13.5. The van der Waals surface area contributed by atoms with Crippen LogP contribution in [-0.4, -0.2) is 30.9 Å². The largest absolute Gasteiger partial charge is 0.493 e. The molecule has 0 aliphatic carbocycles. The van der Waals surface area contributed by atoms with Gasteiger partial charge in [-0.2, -0.15) is 0 Å². The Morgan fingerprint density at radius 2 is 2.35 bits per heavy atom. The third-order valence-corrected chi connectivity index (χ3v) is 4.45. The highest BCUT2D eigenvalue weighted by Crippen LogP contribution is 2.33. The van der Waals surface area contributed by atoms with Crippen molar-refractivity contribution in [3.8, 4) is 5.75 Å². The van der Waals surface area contributed by atoms with Crippen LogP contribution in [0.4, 0.5) is 4.79 Å². The van der Waals surface area contributed by atoms with Crippen LogP contribution >= 0.6 is 11.6 Å². The van der Waals surface area contributed by atoms with Crippen molar-refractivity contribution in [2.75, 3.05) is 19.8 Å². The van der Waals surface area contributed by atoms with E-state index in [2.05, 4.69) is 17.6 Å². The van der Waals surface area contributed by atoms with E-state index in [4.69, 9.17) is 21.4 Å². The van der Waals surface area contributed by atoms with Gasteiger partial charge in [-0.1, -0.05) is 31.0 Å². The fourth-order valence-electron chi connectivity index (χ4n) is 2.78. The van der Waals surface area contributed by atoms with Crippen LogP contribution in [0, 0.1) is 5.92 Å². The molecule has 0 aromatic heterocycles. The van der Waals surface area contributed by atoms with Gasteiger partial charge in [0.2, 0.25) is 0 Å². The summed E-state index contributed by atoms with van der Waals surface area (Å²) >= 11 is 6.01. The monoisotopic (exact) mass is 340 g/mol. The molecule has 1 aliphatic heterocycles. The summed E-state index contributed by atoms with van der Waals surface area (Å²) in [4.78, 5) is 12.2. The Balaban J connectivity index is 1.95. The number of aliphatic hydroxyl groups is 1. The molecule has 0 radical (unpaired) electrons. The predicted octanol–water partition coefficient (Wildman–Crippen LogP) is 3.26. The number of amides is 2. The summed E-state index contributed by atoms with van der Waals surface area (Å²) in [6, 6.07) is 5.25. The van der Waals surface area contributed by atoms with Crippen molar-refractivity contribution in [2.45, 2.75) is 38.6 Å². The Morgan fingerprint density at radius 3 is 3.09 bits per heavy atom. The molecule has 2 atom stereocenters. The third kappa shape index (κ3) is 5.29. The molecule has 1 aliphatic rings. The summed E-state index contributed by atoms with van der Waals surface area (Å²) in [5.41, 5.74) is 0.962. The maximum atomic E-state index is 12.2. The number of hydrogen-bond donors (Lipinski definition) is 3. The van der Waals surface area contributed by atoms with Gasteiger partial charge in [-0.15, -0.1) is 0 Å². The zero-order valence-corrected chi connectivity index (χ0v) is 14.2. The number of halogens is 1. The van der Waals surface area contributed by atoms with Crippen molar-refractivity contribution in [1.29, 1.82) is 0 Å². The molecule has 128 valence electrons. The maximum Gasteiger partial charge on any atom is 0.315 e. The highest BCUT2D eigenvalue weighted by molar-refractivity contribution is 6.30. The lowest BCUT2D eigenvalue weighted by molar-refractivity contribution is 0.227. The molecule has 1 aromatic rings. The minimum atomic E-state index is -0.186. The van der Waals surface area contributed by atoms with Gasteiger partial charge in [0.15, 0.2) is 0 Å². The smallest absolute Gasteiger partial charge is 0.315 e. The van der Waals surface area contributed by atoms with Gasteiger partial charge in [0, 0.05) is 23.7 Å². The van der Waals surface area contributed by atoms with E-state index < -0.39 is 0 Å². The van der Waals surface area contributed by atoms with Crippen LogP contribution in [0.1, 0.15) is 44.2 Å². The summed E-state index contributed by atoms with van der Waals surface area (Å²) < 4.78 is 5.70. The SMILES string of the molecule is CCC(CCO)CNC(=O)NC1CCCOc2cc(Cl)ccc21. The molecule has 5 nitrogen and oxygen atoms in total. The molecule has 0 fully saturated rings. The molecule has 0 saturated heterocycles. The van der Waals surface area contributed by atoms with Crippen LogP contribution in [0.25, 0.3) is 0 Å². The van der Waals surface area contributed by atoms with Crippen LogP contribution in [0.2, 0.25) is 5.02 Å². The number of carbonyl (C=O) groups is 1. The van der Waals surface area contributed by atoms with E-state index in [0.29, 0.717) is 30.5 Å². The molecule has 23 heavy (non-hydrogen) atoms. The average Bonchev–Trinajstić information content (AvgIpc) is 2.73. The van der Waals surface area contributed by atoms with E-state index in [0.717, 1.165) is 30.6 Å². The molecule has 1 heterocycles. The number of ether oxygens (including phenoxy) is 1. The minimum Gasteiger partial charge on any atom is -0.493 e. The summed E-state index contributed by atoms with van der Waals surface area (Å²) in [5.74, 6) is 1.04. The Kier molecular flexibility index (Phi) is 6.99. The second-order valence-corrected chi connectivity index (χ2v) is 6.30. The molecule has 2 amide bonds. The topological polar surface area (TPSA) is 70.6 Å². The second kappa shape index (κ2) is 8.99. The van der Waals surface area contributed by atoms with Crippen molar-refractivity contribution in [1.82, 2.24) is 10.6 Å². The van der Waals surface area contributed by atoms with Gasteiger partial charge in [-0.3, -0.25) is 0 Å². The van der Waals surface area contributed by atoms with Gasteiger partial charge in [-0.25, -0.2) is 4.79 Å².